The molecule has 1 aliphatic rings. The standard InChI is InChI=1S/C19H29NO2/c1-5-10-22-19-12-15(3)17(11-16(19)4)18(21)13-20-8-6-14(2)7-9-20/h11-12,14H,5-10,13H2,1-4H3. The van der Waals surface area contributed by atoms with Crippen LogP contribution in [0.1, 0.15) is 54.6 Å². The highest BCUT2D eigenvalue weighted by Gasteiger charge is 2.20. The maximum Gasteiger partial charge on any atom is 0.177 e. The van der Waals surface area contributed by atoms with Crippen molar-refractivity contribution in [2.75, 3.05) is 26.2 Å². The molecule has 22 heavy (non-hydrogen) atoms. The first kappa shape index (κ1) is 17.0. The predicted octanol–water partition coefficient (Wildman–Crippen LogP) is 4.01. The number of Topliss-reactive ketones (excluding diaryl/α,β-unsaturated/α-hetero) is 1. The lowest BCUT2D eigenvalue weighted by molar-refractivity contribution is 0.0899. The quantitative estimate of drug-likeness (QED) is 0.744. The molecule has 0 aliphatic carbocycles. The molecular formula is C19H29NO2. The van der Waals surface area contributed by atoms with Crippen molar-refractivity contribution in [3.63, 3.8) is 0 Å². The molecule has 3 heteroatoms. The normalized spacial score (nSPS) is 16.7. The van der Waals surface area contributed by atoms with Crippen molar-refractivity contribution in [3.05, 3.63) is 28.8 Å². The Balaban J connectivity index is 2.04. The lowest BCUT2D eigenvalue weighted by Gasteiger charge is -2.29. The highest BCUT2D eigenvalue weighted by atomic mass is 16.5. The third-order valence-corrected chi connectivity index (χ3v) is 4.53. The zero-order chi connectivity index (χ0) is 16.1. The van der Waals surface area contributed by atoms with E-state index >= 15 is 0 Å². The number of hydrogen-bond donors (Lipinski definition) is 0. The van der Waals surface area contributed by atoms with Gasteiger partial charge in [-0.1, -0.05) is 13.8 Å². The first-order valence-electron chi connectivity index (χ1n) is 8.50. The third kappa shape index (κ3) is 4.33. The number of carbonyl (C=O) groups excluding carboxylic acids is 1. The summed E-state index contributed by atoms with van der Waals surface area (Å²) >= 11 is 0. The van der Waals surface area contributed by atoms with Crippen molar-refractivity contribution < 1.29 is 9.53 Å². The van der Waals surface area contributed by atoms with Crippen molar-refractivity contribution in [1.29, 1.82) is 0 Å². The van der Waals surface area contributed by atoms with Crippen LogP contribution >= 0.6 is 0 Å². The average Bonchev–Trinajstić information content (AvgIpc) is 2.50. The predicted molar refractivity (Wildman–Crippen MR) is 90.9 cm³/mol. The molecule has 1 aromatic carbocycles. The monoisotopic (exact) mass is 303 g/mol. The van der Waals surface area contributed by atoms with Crippen molar-refractivity contribution in [2.45, 2.75) is 47.0 Å². The van der Waals surface area contributed by atoms with E-state index in [1.165, 1.54) is 12.8 Å². The molecule has 0 spiro atoms. The highest BCUT2D eigenvalue weighted by Crippen LogP contribution is 2.24. The molecule has 1 fully saturated rings. The Labute approximate surface area is 134 Å². The fourth-order valence-electron chi connectivity index (χ4n) is 2.97. The second-order valence-electron chi connectivity index (χ2n) is 6.66. The molecule has 3 nitrogen and oxygen atoms in total. The lowest BCUT2D eigenvalue weighted by Crippen LogP contribution is -2.37. The summed E-state index contributed by atoms with van der Waals surface area (Å²) < 4.78 is 5.74. The molecule has 2 rings (SSSR count). The molecule has 0 atom stereocenters. The largest absolute Gasteiger partial charge is 0.493 e. The first-order chi connectivity index (χ1) is 10.5. The number of ketones is 1. The van der Waals surface area contributed by atoms with Crippen LogP contribution < -0.4 is 4.74 Å². The van der Waals surface area contributed by atoms with E-state index in [1.54, 1.807) is 0 Å². The summed E-state index contributed by atoms with van der Waals surface area (Å²) in [5.74, 6) is 1.94. The highest BCUT2D eigenvalue weighted by molar-refractivity contribution is 5.99. The Hall–Kier alpha value is -1.35. The van der Waals surface area contributed by atoms with Gasteiger partial charge in [0.15, 0.2) is 5.78 Å². The van der Waals surface area contributed by atoms with Crippen LogP contribution in [0.3, 0.4) is 0 Å². The topological polar surface area (TPSA) is 29.5 Å². The van der Waals surface area contributed by atoms with E-state index in [0.29, 0.717) is 6.54 Å². The number of benzene rings is 1. The molecule has 1 aliphatic heterocycles. The van der Waals surface area contributed by atoms with Crippen LogP contribution in [-0.4, -0.2) is 36.9 Å². The molecule has 0 amide bonds. The van der Waals surface area contributed by atoms with Crippen molar-refractivity contribution in [1.82, 2.24) is 4.90 Å². The van der Waals surface area contributed by atoms with Crippen LogP contribution in [0, 0.1) is 19.8 Å². The van der Waals surface area contributed by atoms with Gasteiger partial charge in [0, 0.05) is 5.56 Å². The maximum atomic E-state index is 12.6. The molecule has 0 unspecified atom stereocenters. The number of aryl methyl sites for hydroxylation is 2. The van der Waals surface area contributed by atoms with E-state index in [0.717, 1.165) is 54.5 Å². The SMILES string of the molecule is CCCOc1cc(C)c(C(=O)CN2CCC(C)CC2)cc1C. The molecule has 0 aromatic heterocycles. The van der Waals surface area contributed by atoms with Crippen molar-refractivity contribution >= 4 is 5.78 Å². The Morgan fingerprint density at radius 3 is 2.55 bits per heavy atom. The molecule has 122 valence electrons. The average molecular weight is 303 g/mol. The molecule has 1 heterocycles. The van der Waals surface area contributed by atoms with Gasteiger partial charge < -0.3 is 4.74 Å². The summed E-state index contributed by atoms with van der Waals surface area (Å²) in [6.45, 7) is 11.8. The number of ether oxygens (including phenoxy) is 1. The van der Waals surface area contributed by atoms with Crippen LogP contribution in [0.5, 0.6) is 5.75 Å². The van der Waals surface area contributed by atoms with Gasteiger partial charge in [-0.15, -0.1) is 0 Å². The van der Waals surface area contributed by atoms with Gasteiger partial charge in [0.25, 0.3) is 0 Å². The minimum atomic E-state index is 0.234. The number of nitrogens with zero attached hydrogens (tertiary/aromatic N) is 1. The Morgan fingerprint density at radius 2 is 1.91 bits per heavy atom. The summed E-state index contributed by atoms with van der Waals surface area (Å²) in [5, 5.41) is 0. The third-order valence-electron chi connectivity index (χ3n) is 4.53. The van der Waals surface area contributed by atoms with Crippen molar-refractivity contribution in [3.8, 4) is 5.75 Å². The molecular weight excluding hydrogens is 274 g/mol. The second kappa shape index (κ2) is 7.77. The number of likely N-dealkylation sites (tertiary alicyclic amines) is 1. The zero-order valence-electron chi connectivity index (χ0n) is 14.4. The van der Waals surface area contributed by atoms with Gasteiger partial charge >= 0.3 is 0 Å². The summed E-state index contributed by atoms with van der Waals surface area (Å²) in [5.41, 5.74) is 2.92. The second-order valence-corrected chi connectivity index (χ2v) is 6.66. The number of piperidine rings is 1. The Morgan fingerprint density at radius 1 is 1.23 bits per heavy atom. The minimum Gasteiger partial charge on any atom is -0.493 e. The number of hydrogen-bond acceptors (Lipinski definition) is 3. The smallest absolute Gasteiger partial charge is 0.177 e. The zero-order valence-corrected chi connectivity index (χ0v) is 14.4. The fraction of sp³-hybridized carbons (Fsp3) is 0.632. The van der Waals surface area contributed by atoms with E-state index < -0.39 is 0 Å². The van der Waals surface area contributed by atoms with Gasteiger partial charge in [0.2, 0.25) is 0 Å². The lowest BCUT2D eigenvalue weighted by atomic mass is 9.97. The van der Waals surface area contributed by atoms with Crippen LogP contribution in [0.15, 0.2) is 12.1 Å². The molecule has 0 N–H and O–H groups in total. The van der Waals surface area contributed by atoms with E-state index in [4.69, 9.17) is 4.74 Å². The molecule has 1 aromatic rings. The van der Waals surface area contributed by atoms with E-state index in [-0.39, 0.29) is 5.78 Å². The molecule has 1 saturated heterocycles. The van der Waals surface area contributed by atoms with Gasteiger partial charge in [-0.3, -0.25) is 9.69 Å². The van der Waals surface area contributed by atoms with Crippen LogP contribution in [0.2, 0.25) is 0 Å². The Bertz CT molecular complexity index is 516. The Kier molecular flexibility index (Phi) is 6.01. The molecule has 0 saturated carbocycles. The van der Waals surface area contributed by atoms with Crippen LogP contribution in [0.25, 0.3) is 0 Å². The van der Waals surface area contributed by atoms with Crippen LogP contribution in [0.4, 0.5) is 0 Å². The maximum absolute atomic E-state index is 12.6. The van der Waals surface area contributed by atoms with E-state index in [9.17, 15) is 4.79 Å². The van der Waals surface area contributed by atoms with E-state index in [1.807, 2.05) is 26.0 Å². The fourth-order valence-corrected chi connectivity index (χ4v) is 2.97. The van der Waals surface area contributed by atoms with Crippen molar-refractivity contribution in [2.24, 2.45) is 5.92 Å². The van der Waals surface area contributed by atoms with Gasteiger partial charge in [-0.05, 0) is 75.4 Å². The molecule has 0 bridgehead atoms. The summed E-state index contributed by atoms with van der Waals surface area (Å²) in [4.78, 5) is 14.9. The molecule has 0 radical (unpaired) electrons. The number of rotatable bonds is 6. The number of carbonyl (C=O) groups is 1. The summed E-state index contributed by atoms with van der Waals surface area (Å²) in [6.07, 6.45) is 3.40. The van der Waals surface area contributed by atoms with E-state index in [2.05, 4.69) is 18.7 Å². The first-order valence-corrected chi connectivity index (χ1v) is 8.50. The summed E-state index contributed by atoms with van der Waals surface area (Å²) in [7, 11) is 0. The summed E-state index contributed by atoms with van der Waals surface area (Å²) in [6, 6.07) is 4.01. The van der Waals surface area contributed by atoms with Gasteiger partial charge in [-0.25, -0.2) is 0 Å². The minimum absolute atomic E-state index is 0.234. The van der Waals surface area contributed by atoms with Crippen LogP contribution in [-0.2, 0) is 0 Å². The van der Waals surface area contributed by atoms with Gasteiger partial charge in [0.1, 0.15) is 5.75 Å². The van der Waals surface area contributed by atoms with Gasteiger partial charge in [0.05, 0.1) is 13.2 Å². The van der Waals surface area contributed by atoms with Gasteiger partial charge in [-0.2, -0.15) is 0 Å².